The predicted octanol–water partition coefficient (Wildman–Crippen LogP) is 2.35. The second kappa shape index (κ2) is 5.15. The third kappa shape index (κ3) is 3.14. The van der Waals surface area contributed by atoms with Crippen LogP contribution in [0.15, 0.2) is 12.3 Å². The zero-order valence-electron chi connectivity index (χ0n) is 9.62. The molecule has 1 atom stereocenters. The van der Waals surface area contributed by atoms with Crippen molar-refractivity contribution in [2.24, 2.45) is 0 Å². The van der Waals surface area contributed by atoms with Crippen LogP contribution in [0.3, 0.4) is 0 Å². The zero-order valence-corrected chi connectivity index (χ0v) is 9.62. The van der Waals surface area contributed by atoms with Gasteiger partial charge in [-0.25, -0.2) is 0 Å². The van der Waals surface area contributed by atoms with E-state index in [0.29, 0.717) is 12.1 Å². The van der Waals surface area contributed by atoms with Gasteiger partial charge in [0.25, 0.3) is 0 Å². The van der Waals surface area contributed by atoms with Crippen LogP contribution < -0.4 is 5.32 Å². The SMILES string of the molecule is CCC(C)n1ccc(CNC(C)C)n1. The Labute approximate surface area is 86.5 Å². The first-order chi connectivity index (χ1) is 6.63. The number of nitrogens with one attached hydrogen (secondary N) is 1. The van der Waals surface area contributed by atoms with Gasteiger partial charge in [0.15, 0.2) is 0 Å². The Kier molecular flexibility index (Phi) is 4.14. The zero-order chi connectivity index (χ0) is 10.6. The molecule has 0 amide bonds. The summed E-state index contributed by atoms with van der Waals surface area (Å²) in [5.41, 5.74) is 1.12. The summed E-state index contributed by atoms with van der Waals surface area (Å²) in [6.45, 7) is 9.52. The molecule has 3 nitrogen and oxygen atoms in total. The molecule has 1 unspecified atom stereocenters. The van der Waals surface area contributed by atoms with Crippen molar-refractivity contribution in [3.05, 3.63) is 18.0 Å². The lowest BCUT2D eigenvalue weighted by Gasteiger charge is -2.09. The van der Waals surface area contributed by atoms with E-state index in [4.69, 9.17) is 0 Å². The Morgan fingerprint density at radius 2 is 2.14 bits per heavy atom. The summed E-state index contributed by atoms with van der Waals surface area (Å²) in [4.78, 5) is 0. The highest BCUT2D eigenvalue weighted by atomic mass is 15.3. The first-order valence-corrected chi connectivity index (χ1v) is 5.41. The molecule has 1 rings (SSSR count). The molecule has 3 heteroatoms. The van der Waals surface area contributed by atoms with E-state index in [1.54, 1.807) is 0 Å². The lowest BCUT2D eigenvalue weighted by Crippen LogP contribution is -2.22. The smallest absolute Gasteiger partial charge is 0.0762 e. The molecule has 1 heterocycles. The van der Waals surface area contributed by atoms with Crippen molar-refractivity contribution >= 4 is 0 Å². The molecule has 0 spiro atoms. The lowest BCUT2D eigenvalue weighted by molar-refractivity contribution is 0.469. The van der Waals surface area contributed by atoms with E-state index >= 15 is 0 Å². The number of nitrogens with zero attached hydrogens (tertiary/aromatic N) is 2. The van der Waals surface area contributed by atoms with Gasteiger partial charge in [0.1, 0.15) is 0 Å². The maximum Gasteiger partial charge on any atom is 0.0762 e. The molecule has 0 saturated carbocycles. The summed E-state index contributed by atoms with van der Waals surface area (Å²) in [6, 6.07) is 3.10. The lowest BCUT2D eigenvalue weighted by atomic mass is 10.3. The van der Waals surface area contributed by atoms with Gasteiger partial charge in [-0.05, 0) is 19.4 Å². The molecule has 1 aromatic heterocycles. The van der Waals surface area contributed by atoms with Crippen LogP contribution in [0.1, 0.15) is 45.9 Å². The summed E-state index contributed by atoms with van der Waals surface area (Å²) in [6.07, 6.45) is 3.18. The average molecular weight is 195 g/mol. The van der Waals surface area contributed by atoms with E-state index in [1.165, 1.54) is 0 Å². The molecule has 1 N–H and O–H groups in total. The van der Waals surface area contributed by atoms with Crippen molar-refractivity contribution in [3.63, 3.8) is 0 Å². The van der Waals surface area contributed by atoms with Gasteiger partial charge in [0.2, 0.25) is 0 Å². The van der Waals surface area contributed by atoms with E-state index in [2.05, 4.69) is 50.4 Å². The maximum absolute atomic E-state index is 4.51. The van der Waals surface area contributed by atoms with Gasteiger partial charge >= 0.3 is 0 Å². The highest BCUT2D eigenvalue weighted by molar-refractivity contribution is 4.99. The summed E-state index contributed by atoms with van der Waals surface area (Å²) in [5, 5.41) is 7.86. The van der Waals surface area contributed by atoms with Crippen molar-refractivity contribution in [1.82, 2.24) is 15.1 Å². The number of aromatic nitrogens is 2. The van der Waals surface area contributed by atoms with E-state index in [-0.39, 0.29) is 0 Å². The maximum atomic E-state index is 4.51. The topological polar surface area (TPSA) is 29.9 Å². The highest BCUT2D eigenvalue weighted by Gasteiger charge is 2.04. The average Bonchev–Trinajstić information content (AvgIpc) is 2.62. The van der Waals surface area contributed by atoms with Crippen LogP contribution in [-0.2, 0) is 6.54 Å². The number of hydrogen-bond donors (Lipinski definition) is 1. The van der Waals surface area contributed by atoms with Crippen molar-refractivity contribution < 1.29 is 0 Å². The van der Waals surface area contributed by atoms with E-state index < -0.39 is 0 Å². The normalized spacial score (nSPS) is 13.5. The summed E-state index contributed by atoms with van der Waals surface area (Å²) in [5.74, 6) is 0. The molecule has 0 fully saturated rings. The number of rotatable bonds is 5. The van der Waals surface area contributed by atoms with Crippen LogP contribution in [-0.4, -0.2) is 15.8 Å². The van der Waals surface area contributed by atoms with Gasteiger partial charge in [0, 0.05) is 24.8 Å². The van der Waals surface area contributed by atoms with Crippen molar-refractivity contribution in [1.29, 1.82) is 0 Å². The fraction of sp³-hybridized carbons (Fsp3) is 0.727. The van der Waals surface area contributed by atoms with Gasteiger partial charge in [-0.2, -0.15) is 5.10 Å². The molecular weight excluding hydrogens is 174 g/mol. The van der Waals surface area contributed by atoms with Crippen molar-refractivity contribution in [2.45, 2.75) is 52.7 Å². The first-order valence-electron chi connectivity index (χ1n) is 5.41. The van der Waals surface area contributed by atoms with Crippen molar-refractivity contribution in [2.75, 3.05) is 0 Å². The van der Waals surface area contributed by atoms with Gasteiger partial charge in [-0.1, -0.05) is 20.8 Å². The fourth-order valence-corrected chi connectivity index (χ4v) is 1.21. The van der Waals surface area contributed by atoms with Gasteiger partial charge in [-0.3, -0.25) is 4.68 Å². The molecule has 0 radical (unpaired) electrons. The Morgan fingerprint density at radius 3 is 2.71 bits per heavy atom. The minimum atomic E-state index is 0.503. The van der Waals surface area contributed by atoms with Crippen LogP contribution in [0, 0.1) is 0 Å². The Balaban J connectivity index is 2.50. The second-order valence-electron chi connectivity index (χ2n) is 4.08. The molecule has 0 aliphatic carbocycles. The standard InChI is InChI=1S/C11H21N3/c1-5-10(4)14-7-6-11(13-14)8-12-9(2)3/h6-7,9-10,12H,5,8H2,1-4H3. The Morgan fingerprint density at radius 1 is 1.43 bits per heavy atom. The predicted molar refractivity (Wildman–Crippen MR) is 59.2 cm³/mol. The Hall–Kier alpha value is -0.830. The van der Waals surface area contributed by atoms with E-state index in [0.717, 1.165) is 18.7 Å². The summed E-state index contributed by atoms with van der Waals surface area (Å²) >= 11 is 0. The Bertz CT molecular complexity index is 265. The minimum absolute atomic E-state index is 0.503. The third-order valence-corrected chi connectivity index (χ3v) is 2.40. The van der Waals surface area contributed by atoms with Gasteiger partial charge in [-0.15, -0.1) is 0 Å². The molecule has 14 heavy (non-hydrogen) atoms. The highest BCUT2D eigenvalue weighted by Crippen LogP contribution is 2.08. The van der Waals surface area contributed by atoms with Gasteiger partial charge < -0.3 is 5.32 Å². The summed E-state index contributed by atoms with van der Waals surface area (Å²) < 4.78 is 2.04. The largest absolute Gasteiger partial charge is 0.309 e. The van der Waals surface area contributed by atoms with Crippen molar-refractivity contribution in [3.8, 4) is 0 Å². The molecule has 0 aliphatic rings. The molecular formula is C11H21N3. The fourth-order valence-electron chi connectivity index (χ4n) is 1.21. The van der Waals surface area contributed by atoms with Crippen LogP contribution in [0.2, 0.25) is 0 Å². The molecule has 80 valence electrons. The molecule has 0 aliphatic heterocycles. The third-order valence-electron chi connectivity index (χ3n) is 2.40. The number of hydrogen-bond acceptors (Lipinski definition) is 2. The molecule has 0 aromatic carbocycles. The molecule has 1 aromatic rings. The molecule has 0 bridgehead atoms. The minimum Gasteiger partial charge on any atom is -0.309 e. The quantitative estimate of drug-likeness (QED) is 0.781. The van der Waals surface area contributed by atoms with Gasteiger partial charge in [0.05, 0.1) is 5.69 Å². The first kappa shape index (κ1) is 11.2. The van der Waals surface area contributed by atoms with E-state index in [9.17, 15) is 0 Å². The monoisotopic (exact) mass is 195 g/mol. The molecule has 0 saturated heterocycles. The summed E-state index contributed by atoms with van der Waals surface area (Å²) in [7, 11) is 0. The van der Waals surface area contributed by atoms with Crippen LogP contribution in [0.4, 0.5) is 0 Å². The van der Waals surface area contributed by atoms with Crippen LogP contribution >= 0.6 is 0 Å². The van der Waals surface area contributed by atoms with E-state index in [1.807, 2.05) is 4.68 Å². The van der Waals surface area contributed by atoms with Crippen LogP contribution in [0.5, 0.6) is 0 Å². The van der Waals surface area contributed by atoms with Crippen LogP contribution in [0.25, 0.3) is 0 Å². The second-order valence-corrected chi connectivity index (χ2v) is 4.08.